The van der Waals surface area contributed by atoms with Crippen molar-refractivity contribution in [2.45, 2.75) is 45.1 Å². The molecule has 1 atom stereocenters. The van der Waals surface area contributed by atoms with Crippen LogP contribution >= 0.6 is 0 Å². The van der Waals surface area contributed by atoms with Crippen molar-refractivity contribution in [3.63, 3.8) is 0 Å². The molecular formula is C14H28N4. The second kappa shape index (κ2) is 4.72. The summed E-state index contributed by atoms with van der Waals surface area (Å²) in [4.78, 5) is 9.14. The van der Waals surface area contributed by atoms with Crippen LogP contribution in [0.3, 0.4) is 0 Å². The first-order valence-corrected chi connectivity index (χ1v) is 7.07. The summed E-state index contributed by atoms with van der Waals surface area (Å²) in [6, 6.07) is 0. The fourth-order valence-corrected chi connectivity index (χ4v) is 3.62. The summed E-state index contributed by atoms with van der Waals surface area (Å²) >= 11 is 0. The lowest BCUT2D eigenvalue weighted by Gasteiger charge is -2.48. The largest absolute Gasteiger partial charge is 0.370 e. The zero-order chi connectivity index (χ0) is 13.4. The van der Waals surface area contributed by atoms with E-state index in [1.165, 1.54) is 25.7 Å². The van der Waals surface area contributed by atoms with Gasteiger partial charge < -0.3 is 15.5 Å². The van der Waals surface area contributed by atoms with Crippen molar-refractivity contribution in [3.05, 3.63) is 0 Å². The fourth-order valence-electron chi connectivity index (χ4n) is 3.62. The van der Waals surface area contributed by atoms with Crippen molar-refractivity contribution in [1.82, 2.24) is 9.80 Å². The quantitative estimate of drug-likeness (QED) is 0.828. The van der Waals surface area contributed by atoms with E-state index in [9.17, 15) is 0 Å². The Labute approximate surface area is 111 Å². The maximum Gasteiger partial charge on any atom is 0.191 e. The van der Waals surface area contributed by atoms with Gasteiger partial charge in [0.25, 0.3) is 0 Å². The molecule has 1 unspecified atom stereocenters. The Balaban J connectivity index is 2.11. The molecular weight excluding hydrogens is 224 g/mol. The lowest BCUT2D eigenvalue weighted by molar-refractivity contribution is 0.0643. The van der Waals surface area contributed by atoms with Crippen LogP contribution in [0.4, 0.5) is 0 Å². The van der Waals surface area contributed by atoms with Gasteiger partial charge in [0, 0.05) is 13.1 Å². The number of rotatable bonds is 3. The fraction of sp³-hybridized carbons (Fsp3) is 0.929. The molecule has 4 nitrogen and oxygen atoms in total. The minimum absolute atomic E-state index is 0.210. The van der Waals surface area contributed by atoms with Gasteiger partial charge >= 0.3 is 0 Å². The van der Waals surface area contributed by atoms with Crippen molar-refractivity contribution < 1.29 is 0 Å². The zero-order valence-electron chi connectivity index (χ0n) is 12.4. The molecule has 0 amide bonds. The third-order valence-corrected chi connectivity index (χ3v) is 4.46. The summed E-state index contributed by atoms with van der Waals surface area (Å²) in [5.74, 6) is 0.759. The lowest BCUT2D eigenvalue weighted by Crippen LogP contribution is -2.56. The van der Waals surface area contributed by atoms with E-state index >= 15 is 0 Å². The van der Waals surface area contributed by atoms with Crippen molar-refractivity contribution in [2.24, 2.45) is 16.1 Å². The Kier molecular flexibility index (Phi) is 3.58. The molecule has 0 radical (unpaired) electrons. The molecule has 1 spiro atoms. The highest BCUT2D eigenvalue weighted by atomic mass is 15.4. The number of guanidine groups is 1. The van der Waals surface area contributed by atoms with E-state index in [0.29, 0.717) is 5.41 Å². The maximum absolute atomic E-state index is 6.12. The predicted octanol–water partition coefficient (Wildman–Crippen LogP) is 1.52. The molecule has 0 aromatic heterocycles. The van der Waals surface area contributed by atoms with Crippen molar-refractivity contribution in [1.29, 1.82) is 0 Å². The summed E-state index contributed by atoms with van der Waals surface area (Å²) in [5.41, 5.74) is 6.75. The monoisotopic (exact) mass is 252 g/mol. The van der Waals surface area contributed by atoms with E-state index in [1.54, 1.807) is 0 Å². The van der Waals surface area contributed by atoms with Gasteiger partial charge in [0.1, 0.15) is 0 Å². The normalized spacial score (nSPS) is 31.2. The molecule has 2 aliphatic rings. The number of hydrogen-bond acceptors (Lipinski definition) is 4. The minimum atomic E-state index is 0.210. The van der Waals surface area contributed by atoms with Crippen molar-refractivity contribution in [2.75, 3.05) is 33.7 Å². The van der Waals surface area contributed by atoms with E-state index in [2.05, 4.69) is 42.7 Å². The van der Waals surface area contributed by atoms with Crippen LogP contribution in [0.1, 0.15) is 39.5 Å². The molecule has 1 saturated carbocycles. The number of nitrogens with two attached hydrogens (primary N) is 1. The van der Waals surface area contributed by atoms with E-state index < -0.39 is 0 Å². The Bertz CT molecular complexity index is 335. The number of likely N-dealkylation sites (N-methyl/N-ethyl adjacent to an activating group) is 1. The molecule has 2 rings (SSSR count). The molecule has 4 heteroatoms. The van der Waals surface area contributed by atoms with Crippen LogP contribution in [0.15, 0.2) is 4.99 Å². The molecule has 1 aliphatic carbocycles. The summed E-state index contributed by atoms with van der Waals surface area (Å²) in [6.45, 7) is 7.70. The summed E-state index contributed by atoms with van der Waals surface area (Å²) in [7, 11) is 4.22. The second-order valence-electron chi connectivity index (χ2n) is 7.05. The van der Waals surface area contributed by atoms with E-state index in [-0.39, 0.29) is 5.54 Å². The molecule has 1 heterocycles. The first-order chi connectivity index (χ1) is 8.35. The average Bonchev–Trinajstić information content (AvgIpc) is 2.51. The summed E-state index contributed by atoms with van der Waals surface area (Å²) in [6.07, 6.45) is 5.09. The number of aliphatic imine (C=N–C) groups is 1. The Morgan fingerprint density at radius 1 is 1.33 bits per heavy atom. The van der Waals surface area contributed by atoms with Crippen LogP contribution in [0.5, 0.6) is 0 Å². The smallest absolute Gasteiger partial charge is 0.191 e. The van der Waals surface area contributed by atoms with E-state index in [4.69, 9.17) is 5.73 Å². The maximum atomic E-state index is 6.12. The average molecular weight is 252 g/mol. The molecule has 0 saturated heterocycles. The van der Waals surface area contributed by atoms with E-state index in [1.807, 2.05) is 0 Å². The minimum Gasteiger partial charge on any atom is -0.370 e. The topological polar surface area (TPSA) is 44.9 Å². The van der Waals surface area contributed by atoms with Crippen LogP contribution in [0.25, 0.3) is 0 Å². The Morgan fingerprint density at radius 3 is 2.67 bits per heavy atom. The van der Waals surface area contributed by atoms with E-state index in [0.717, 1.165) is 25.6 Å². The van der Waals surface area contributed by atoms with Crippen LogP contribution in [-0.2, 0) is 0 Å². The van der Waals surface area contributed by atoms with Gasteiger partial charge in [-0.05, 0) is 38.8 Å². The summed E-state index contributed by atoms with van der Waals surface area (Å²) < 4.78 is 0. The standard InChI is InChI=1S/C14H28N4/c1-13(2)6-5-7-14(10-13)11-16-12(15)18(14)9-8-17(3)4/h5-11H2,1-4H3,(H2,15,16). The van der Waals surface area contributed by atoms with Gasteiger partial charge in [0.15, 0.2) is 5.96 Å². The molecule has 0 bridgehead atoms. The van der Waals surface area contributed by atoms with Gasteiger partial charge in [-0.1, -0.05) is 20.3 Å². The Morgan fingerprint density at radius 2 is 2.06 bits per heavy atom. The third-order valence-electron chi connectivity index (χ3n) is 4.46. The molecule has 1 fully saturated rings. The van der Waals surface area contributed by atoms with Crippen LogP contribution in [-0.4, -0.2) is 55.0 Å². The van der Waals surface area contributed by atoms with Gasteiger partial charge in [-0.25, -0.2) is 0 Å². The van der Waals surface area contributed by atoms with Crippen molar-refractivity contribution >= 4 is 5.96 Å². The molecule has 104 valence electrons. The molecule has 0 aromatic rings. The van der Waals surface area contributed by atoms with Gasteiger partial charge in [0.2, 0.25) is 0 Å². The summed E-state index contributed by atoms with van der Waals surface area (Å²) in [5, 5.41) is 0. The zero-order valence-corrected chi connectivity index (χ0v) is 12.4. The first kappa shape index (κ1) is 13.7. The SMILES string of the molecule is CN(C)CCN1C(N)=NCC12CCCC(C)(C)C2. The van der Waals surface area contributed by atoms with Crippen molar-refractivity contribution in [3.8, 4) is 0 Å². The van der Waals surface area contributed by atoms with Gasteiger partial charge in [0.05, 0.1) is 12.1 Å². The number of nitrogens with zero attached hydrogens (tertiary/aromatic N) is 3. The molecule has 0 aromatic carbocycles. The van der Waals surface area contributed by atoms with Gasteiger partial charge in [-0.3, -0.25) is 4.99 Å². The highest BCUT2D eigenvalue weighted by molar-refractivity contribution is 5.81. The first-order valence-electron chi connectivity index (χ1n) is 7.07. The van der Waals surface area contributed by atoms with Crippen LogP contribution in [0.2, 0.25) is 0 Å². The van der Waals surface area contributed by atoms with Gasteiger partial charge in [-0.2, -0.15) is 0 Å². The molecule has 1 aliphatic heterocycles. The second-order valence-corrected chi connectivity index (χ2v) is 7.05. The lowest BCUT2D eigenvalue weighted by atomic mass is 9.67. The predicted molar refractivity (Wildman–Crippen MR) is 76.7 cm³/mol. The molecule has 2 N–H and O–H groups in total. The van der Waals surface area contributed by atoms with Gasteiger partial charge in [-0.15, -0.1) is 0 Å². The third kappa shape index (κ3) is 2.63. The highest BCUT2D eigenvalue weighted by Crippen LogP contribution is 2.45. The molecule has 18 heavy (non-hydrogen) atoms. The highest BCUT2D eigenvalue weighted by Gasteiger charge is 2.47. The number of hydrogen-bond donors (Lipinski definition) is 1. The Hall–Kier alpha value is -0.770. The van der Waals surface area contributed by atoms with Crippen LogP contribution < -0.4 is 5.73 Å². The van der Waals surface area contributed by atoms with Crippen LogP contribution in [0, 0.1) is 5.41 Å².